The van der Waals surface area contributed by atoms with E-state index in [-0.39, 0.29) is 6.04 Å². The summed E-state index contributed by atoms with van der Waals surface area (Å²) in [5, 5.41) is 9.50. The molecule has 1 N–H and O–H groups in total. The predicted molar refractivity (Wildman–Crippen MR) is 167 cm³/mol. The van der Waals surface area contributed by atoms with Crippen molar-refractivity contribution in [3.63, 3.8) is 0 Å². The Morgan fingerprint density at radius 3 is 2.50 bits per heavy atom. The number of amidine groups is 2. The summed E-state index contributed by atoms with van der Waals surface area (Å²) in [6.45, 7) is 2.04. The van der Waals surface area contributed by atoms with Crippen LogP contribution >= 0.6 is 39.1 Å². The van der Waals surface area contributed by atoms with Crippen molar-refractivity contribution in [1.29, 1.82) is 0 Å². The minimum Gasteiger partial charge on any atom is -0.335 e. The highest BCUT2D eigenvalue weighted by atomic mass is 79.9. The molecule has 1 unspecified atom stereocenters. The van der Waals surface area contributed by atoms with E-state index in [0.717, 1.165) is 44.2 Å². The van der Waals surface area contributed by atoms with Crippen molar-refractivity contribution in [3.05, 3.63) is 128 Å². The highest BCUT2D eigenvalue weighted by Gasteiger charge is 2.42. The molecule has 6 nitrogen and oxygen atoms in total. The number of nitrogens with one attached hydrogen (secondary N) is 1. The van der Waals surface area contributed by atoms with Crippen molar-refractivity contribution in [2.45, 2.75) is 13.0 Å². The summed E-state index contributed by atoms with van der Waals surface area (Å²) in [7, 11) is 0. The number of nitrogens with zero attached hydrogens (tertiary/aromatic N) is 5. The van der Waals surface area contributed by atoms with E-state index >= 15 is 0 Å². The molecule has 0 spiro atoms. The zero-order valence-electron chi connectivity index (χ0n) is 21.2. The van der Waals surface area contributed by atoms with Crippen molar-refractivity contribution < 1.29 is 0 Å². The molecule has 1 atom stereocenters. The van der Waals surface area contributed by atoms with Crippen LogP contribution in [0.4, 0.5) is 22.9 Å². The molecule has 7 rings (SSSR count). The molecule has 9 heteroatoms. The van der Waals surface area contributed by atoms with Gasteiger partial charge in [0.05, 0.1) is 39.5 Å². The molecule has 0 aliphatic carbocycles. The predicted octanol–water partition coefficient (Wildman–Crippen LogP) is 9.05. The van der Waals surface area contributed by atoms with Crippen LogP contribution in [-0.4, -0.2) is 21.5 Å². The molecule has 0 amide bonds. The highest BCUT2D eigenvalue weighted by molar-refractivity contribution is 9.10. The minimum atomic E-state index is -0.216. The molecule has 0 saturated carbocycles. The maximum atomic E-state index is 6.56. The van der Waals surface area contributed by atoms with Gasteiger partial charge in [-0.1, -0.05) is 81.6 Å². The van der Waals surface area contributed by atoms with Crippen LogP contribution in [0.3, 0.4) is 0 Å². The number of aliphatic imine (C=N–C) groups is 2. The maximum absolute atomic E-state index is 6.56. The van der Waals surface area contributed by atoms with Crippen LogP contribution < -0.4 is 10.2 Å². The summed E-state index contributed by atoms with van der Waals surface area (Å²) >= 11 is 16.4. The van der Waals surface area contributed by atoms with E-state index < -0.39 is 0 Å². The lowest BCUT2D eigenvalue weighted by molar-refractivity contribution is 0.815. The number of para-hydroxylation sites is 3. The first-order chi connectivity index (χ1) is 19.5. The van der Waals surface area contributed by atoms with E-state index in [1.165, 1.54) is 0 Å². The normalized spacial score (nSPS) is 16.6. The van der Waals surface area contributed by atoms with Crippen LogP contribution in [0.2, 0.25) is 10.0 Å². The van der Waals surface area contributed by atoms with Crippen LogP contribution in [-0.2, 0) is 0 Å². The monoisotopic (exact) mass is 626 g/mol. The quantitative estimate of drug-likeness (QED) is 0.217. The fraction of sp³-hybridized carbons (Fsp3) is 0.0645. The first-order valence-electron chi connectivity index (χ1n) is 12.7. The van der Waals surface area contributed by atoms with Gasteiger partial charge in [-0.25, -0.2) is 14.7 Å². The second-order valence-corrected chi connectivity index (χ2v) is 11.3. The molecule has 4 aromatic carbocycles. The lowest BCUT2D eigenvalue weighted by Crippen LogP contribution is -2.48. The molecule has 1 aromatic heterocycles. The summed E-state index contributed by atoms with van der Waals surface area (Å²) in [6, 6.07) is 31.7. The number of fused-ring (bicyclic) bond motifs is 4. The molecule has 0 saturated heterocycles. The lowest BCUT2D eigenvalue weighted by Gasteiger charge is -2.42. The molecule has 0 radical (unpaired) electrons. The Hall–Kier alpha value is -3.91. The zero-order chi connectivity index (χ0) is 27.4. The summed E-state index contributed by atoms with van der Waals surface area (Å²) in [5.41, 5.74) is 6.47. The number of benzene rings is 4. The summed E-state index contributed by atoms with van der Waals surface area (Å²) in [5.74, 6) is 2.00. The molecule has 0 bridgehead atoms. The first-order valence-corrected chi connectivity index (χ1v) is 14.2. The third-order valence-electron chi connectivity index (χ3n) is 6.99. The third-order valence-corrected chi connectivity index (χ3v) is 8.02. The fourth-order valence-electron chi connectivity index (χ4n) is 5.27. The van der Waals surface area contributed by atoms with Crippen molar-refractivity contribution in [2.75, 3.05) is 10.2 Å². The molecular formula is C31H21BrCl2N6. The zero-order valence-corrected chi connectivity index (χ0v) is 24.3. The fourth-order valence-corrected chi connectivity index (χ4v) is 6.13. The van der Waals surface area contributed by atoms with Crippen molar-refractivity contribution in [3.8, 4) is 5.69 Å². The van der Waals surface area contributed by atoms with Crippen LogP contribution in [0.15, 0.2) is 112 Å². The van der Waals surface area contributed by atoms with Gasteiger partial charge in [0.15, 0.2) is 17.5 Å². The van der Waals surface area contributed by atoms with E-state index in [1.807, 2.05) is 72.3 Å². The van der Waals surface area contributed by atoms with Crippen LogP contribution in [0.5, 0.6) is 0 Å². The molecule has 3 heterocycles. The molecular weight excluding hydrogens is 607 g/mol. The molecule has 5 aromatic rings. The molecule has 2 aliphatic heterocycles. The standard InChI is InChI=1S/C31H21BrCl2N6/c1-18-27-28(19-8-7-9-20(32)16-19)39-26-13-6-5-12-25(26)36-29(35-24-15-14-21(33)17-23(24)34)31(39)37-30(27)40(38-18)22-10-3-2-4-11-22/h2-17,28H,1H3,(H,35,36). The van der Waals surface area contributed by atoms with E-state index in [2.05, 4.69) is 50.4 Å². The van der Waals surface area contributed by atoms with Crippen molar-refractivity contribution in [1.82, 2.24) is 9.78 Å². The molecule has 2 aliphatic rings. The number of halogens is 3. The number of anilines is 2. The SMILES string of the molecule is Cc1nn(-c2ccccc2)c2c1C(c1cccc(Br)c1)N1C(=N2)C(=Nc2ccc(Cl)cc2Cl)Nc2ccccc21. The minimum absolute atomic E-state index is 0.216. The van der Waals surface area contributed by atoms with Gasteiger partial charge in [-0.2, -0.15) is 5.10 Å². The van der Waals surface area contributed by atoms with Gasteiger partial charge in [0, 0.05) is 15.1 Å². The second kappa shape index (κ2) is 9.93. The van der Waals surface area contributed by atoms with Crippen LogP contribution in [0.1, 0.15) is 22.9 Å². The van der Waals surface area contributed by atoms with E-state index in [0.29, 0.717) is 27.4 Å². The molecule has 0 fully saturated rings. The second-order valence-electron chi connectivity index (χ2n) is 9.53. The van der Waals surface area contributed by atoms with Gasteiger partial charge in [0.25, 0.3) is 0 Å². The number of hydrogen-bond donors (Lipinski definition) is 1. The van der Waals surface area contributed by atoms with E-state index in [4.69, 9.17) is 38.3 Å². The Labute approximate surface area is 249 Å². The Morgan fingerprint density at radius 1 is 0.900 bits per heavy atom. The van der Waals surface area contributed by atoms with E-state index in [9.17, 15) is 0 Å². The third kappa shape index (κ3) is 4.22. The van der Waals surface area contributed by atoms with Crippen LogP contribution in [0, 0.1) is 6.92 Å². The van der Waals surface area contributed by atoms with Gasteiger partial charge in [-0.05, 0) is 67.1 Å². The number of hydrogen-bond acceptors (Lipinski definition) is 4. The Kier molecular flexibility index (Phi) is 6.23. The van der Waals surface area contributed by atoms with Gasteiger partial charge in [0.2, 0.25) is 0 Å². The first kappa shape index (κ1) is 25.1. The largest absolute Gasteiger partial charge is 0.335 e. The Bertz CT molecular complexity index is 1850. The maximum Gasteiger partial charge on any atom is 0.179 e. The highest BCUT2D eigenvalue weighted by Crippen LogP contribution is 2.48. The van der Waals surface area contributed by atoms with Crippen molar-refractivity contribution >= 4 is 73.7 Å². The summed E-state index contributed by atoms with van der Waals surface area (Å²) < 4.78 is 2.90. The Balaban J connectivity index is 1.54. The summed E-state index contributed by atoms with van der Waals surface area (Å²) in [4.78, 5) is 12.5. The lowest BCUT2D eigenvalue weighted by atomic mass is 9.93. The average Bonchev–Trinajstić information content (AvgIpc) is 3.30. The number of aromatic nitrogens is 2. The molecule has 40 heavy (non-hydrogen) atoms. The van der Waals surface area contributed by atoms with E-state index in [1.54, 1.807) is 12.1 Å². The van der Waals surface area contributed by atoms with Crippen LogP contribution in [0.25, 0.3) is 5.69 Å². The number of aryl methyl sites for hydroxylation is 1. The van der Waals surface area contributed by atoms with Crippen molar-refractivity contribution in [2.24, 2.45) is 9.98 Å². The topological polar surface area (TPSA) is 57.8 Å². The molecule has 196 valence electrons. The van der Waals surface area contributed by atoms with Gasteiger partial charge in [0.1, 0.15) is 0 Å². The van der Waals surface area contributed by atoms with Gasteiger partial charge < -0.3 is 10.2 Å². The van der Waals surface area contributed by atoms with Gasteiger partial charge in [-0.3, -0.25) is 0 Å². The summed E-state index contributed by atoms with van der Waals surface area (Å²) in [6.07, 6.45) is 0. The van der Waals surface area contributed by atoms with Gasteiger partial charge >= 0.3 is 0 Å². The van der Waals surface area contributed by atoms with Gasteiger partial charge in [-0.15, -0.1) is 0 Å². The Morgan fingerprint density at radius 2 is 1.70 bits per heavy atom. The average molecular weight is 628 g/mol. The number of rotatable bonds is 3. The smallest absolute Gasteiger partial charge is 0.179 e.